The van der Waals surface area contributed by atoms with Gasteiger partial charge in [-0.3, -0.25) is 0 Å². The van der Waals surface area contributed by atoms with Gasteiger partial charge in [-0.2, -0.15) is 0 Å². The molecule has 0 radical (unpaired) electrons. The molecule has 140 valence electrons. The second-order valence-electron chi connectivity index (χ2n) is 6.44. The fourth-order valence-corrected chi connectivity index (χ4v) is 2.32. The number of aliphatic imine (C=N–C) groups is 1. The maximum Gasteiger partial charge on any atom is 0.191 e. The van der Waals surface area contributed by atoms with Crippen LogP contribution in [0, 0.1) is 12.8 Å². The fraction of sp³-hybridized carbons (Fsp3) is 0.824. The number of aromatic nitrogens is 3. The number of unbranched alkanes of at least 4 members (excludes halogenated alkanes) is 3. The number of halogens is 1. The van der Waals surface area contributed by atoms with Crippen molar-refractivity contribution in [2.45, 2.75) is 66.3 Å². The van der Waals surface area contributed by atoms with Crippen LogP contribution in [0.1, 0.15) is 64.5 Å². The first kappa shape index (κ1) is 23.1. The van der Waals surface area contributed by atoms with Gasteiger partial charge in [0.15, 0.2) is 11.8 Å². The van der Waals surface area contributed by atoms with E-state index in [0.717, 1.165) is 36.6 Å². The van der Waals surface area contributed by atoms with Gasteiger partial charge in [0.1, 0.15) is 12.4 Å². The number of nitrogens with zero attached hydrogens (tertiary/aromatic N) is 4. The van der Waals surface area contributed by atoms with Gasteiger partial charge >= 0.3 is 0 Å². The Morgan fingerprint density at radius 3 is 2.42 bits per heavy atom. The first-order valence-electron chi connectivity index (χ1n) is 8.91. The third kappa shape index (κ3) is 9.44. The Balaban J connectivity index is 0.00000529. The van der Waals surface area contributed by atoms with Gasteiger partial charge < -0.3 is 15.2 Å². The number of aryl methyl sites for hydroxylation is 1. The molecule has 0 saturated heterocycles. The van der Waals surface area contributed by atoms with Crippen molar-refractivity contribution in [2.24, 2.45) is 18.0 Å². The quantitative estimate of drug-likeness (QED) is 0.248. The molecule has 0 spiro atoms. The number of hydrogen-bond donors (Lipinski definition) is 2. The molecule has 0 fully saturated rings. The van der Waals surface area contributed by atoms with Crippen LogP contribution in [0.2, 0.25) is 0 Å². The first-order valence-corrected chi connectivity index (χ1v) is 8.91. The standard InChI is InChI=1S/C17H34N6.HI/c1-6-18-17(19-12-10-8-7-9-11-14(2)3)20-13-16-22-21-15(4)23(16)5;/h14H,6-13H2,1-5H3,(H2,18,19,20);1H. The molecule has 1 heterocycles. The molecule has 24 heavy (non-hydrogen) atoms. The maximum absolute atomic E-state index is 4.59. The minimum absolute atomic E-state index is 0. The van der Waals surface area contributed by atoms with Crippen molar-refractivity contribution in [2.75, 3.05) is 13.1 Å². The fourth-order valence-electron chi connectivity index (χ4n) is 2.32. The summed E-state index contributed by atoms with van der Waals surface area (Å²) in [6, 6.07) is 0. The molecule has 2 N–H and O–H groups in total. The molecule has 0 saturated carbocycles. The normalized spacial score (nSPS) is 11.5. The van der Waals surface area contributed by atoms with E-state index >= 15 is 0 Å². The van der Waals surface area contributed by atoms with E-state index in [-0.39, 0.29) is 24.0 Å². The highest BCUT2D eigenvalue weighted by atomic mass is 127. The van der Waals surface area contributed by atoms with Gasteiger partial charge in [0, 0.05) is 20.1 Å². The summed E-state index contributed by atoms with van der Waals surface area (Å²) in [6.07, 6.45) is 6.48. The molecule has 7 heteroatoms. The van der Waals surface area contributed by atoms with Crippen LogP contribution in [-0.4, -0.2) is 33.8 Å². The SMILES string of the molecule is CCNC(=NCc1nnc(C)n1C)NCCCCCCC(C)C.I. The van der Waals surface area contributed by atoms with E-state index in [1.807, 2.05) is 18.5 Å². The Morgan fingerprint density at radius 2 is 1.83 bits per heavy atom. The lowest BCUT2D eigenvalue weighted by molar-refractivity contribution is 0.518. The first-order chi connectivity index (χ1) is 11.0. The van der Waals surface area contributed by atoms with E-state index in [2.05, 4.69) is 46.6 Å². The van der Waals surface area contributed by atoms with Gasteiger partial charge in [-0.05, 0) is 26.2 Å². The number of guanidine groups is 1. The molecule has 0 aliphatic heterocycles. The summed E-state index contributed by atoms with van der Waals surface area (Å²) in [7, 11) is 1.97. The summed E-state index contributed by atoms with van der Waals surface area (Å²) in [4.78, 5) is 4.59. The lowest BCUT2D eigenvalue weighted by Gasteiger charge is -2.11. The van der Waals surface area contributed by atoms with Crippen LogP contribution < -0.4 is 10.6 Å². The molecule has 0 aliphatic carbocycles. The summed E-state index contributed by atoms with van der Waals surface area (Å²) < 4.78 is 1.97. The summed E-state index contributed by atoms with van der Waals surface area (Å²) in [5.41, 5.74) is 0. The lowest BCUT2D eigenvalue weighted by Crippen LogP contribution is -2.37. The number of nitrogens with one attached hydrogen (secondary N) is 2. The Hall–Kier alpha value is -0.860. The predicted octanol–water partition coefficient (Wildman–Crippen LogP) is 3.40. The van der Waals surface area contributed by atoms with Crippen molar-refractivity contribution in [3.8, 4) is 0 Å². The van der Waals surface area contributed by atoms with Gasteiger partial charge in [0.2, 0.25) is 0 Å². The van der Waals surface area contributed by atoms with Crippen LogP contribution in [0.4, 0.5) is 0 Å². The highest BCUT2D eigenvalue weighted by Gasteiger charge is 2.04. The lowest BCUT2D eigenvalue weighted by atomic mass is 10.0. The van der Waals surface area contributed by atoms with Crippen LogP contribution in [0.15, 0.2) is 4.99 Å². The molecular formula is C17H35IN6. The Morgan fingerprint density at radius 1 is 1.12 bits per heavy atom. The van der Waals surface area contributed by atoms with Gasteiger partial charge in [0.25, 0.3) is 0 Å². The minimum Gasteiger partial charge on any atom is -0.357 e. The van der Waals surface area contributed by atoms with Crippen molar-refractivity contribution in [3.05, 3.63) is 11.6 Å². The molecule has 0 unspecified atom stereocenters. The number of hydrogen-bond acceptors (Lipinski definition) is 3. The molecular weight excluding hydrogens is 415 g/mol. The van der Waals surface area contributed by atoms with Crippen molar-refractivity contribution in [1.29, 1.82) is 0 Å². The summed E-state index contributed by atoms with van der Waals surface area (Å²) in [5, 5.41) is 14.9. The van der Waals surface area contributed by atoms with Gasteiger partial charge in [0.05, 0.1) is 0 Å². The van der Waals surface area contributed by atoms with E-state index in [0.29, 0.717) is 6.54 Å². The summed E-state index contributed by atoms with van der Waals surface area (Å²) in [6.45, 7) is 11.0. The van der Waals surface area contributed by atoms with Gasteiger partial charge in [-0.15, -0.1) is 34.2 Å². The third-order valence-electron chi connectivity index (χ3n) is 3.91. The smallest absolute Gasteiger partial charge is 0.191 e. The molecule has 0 aromatic carbocycles. The molecule has 6 nitrogen and oxygen atoms in total. The van der Waals surface area contributed by atoms with Crippen molar-refractivity contribution >= 4 is 29.9 Å². The molecule has 0 aliphatic rings. The Kier molecular flexibility index (Phi) is 13.0. The predicted molar refractivity (Wildman–Crippen MR) is 112 cm³/mol. The van der Waals surface area contributed by atoms with Crippen LogP contribution >= 0.6 is 24.0 Å². The molecule has 1 aromatic heterocycles. The Bertz CT molecular complexity index is 470. The second-order valence-corrected chi connectivity index (χ2v) is 6.44. The largest absolute Gasteiger partial charge is 0.357 e. The number of rotatable bonds is 10. The van der Waals surface area contributed by atoms with Crippen molar-refractivity contribution < 1.29 is 0 Å². The topological polar surface area (TPSA) is 67.1 Å². The van der Waals surface area contributed by atoms with Gasteiger partial charge in [-0.25, -0.2) is 4.99 Å². The van der Waals surface area contributed by atoms with Crippen molar-refractivity contribution in [3.63, 3.8) is 0 Å². The minimum atomic E-state index is 0. The maximum atomic E-state index is 4.59. The monoisotopic (exact) mass is 450 g/mol. The molecule has 1 aromatic rings. The average molecular weight is 450 g/mol. The van der Waals surface area contributed by atoms with Crippen LogP contribution in [0.5, 0.6) is 0 Å². The van der Waals surface area contributed by atoms with E-state index in [4.69, 9.17) is 0 Å². The van der Waals surface area contributed by atoms with E-state index in [1.54, 1.807) is 0 Å². The van der Waals surface area contributed by atoms with E-state index < -0.39 is 0 Å². The zero-order chi connectivity index (χ0) is 17.1. The highest BCUT2D eigenvalue weighted by Crippen LogP contribution is 2.08. The van der Waals surface area contributed by atoms with E-state index in [1.165, 1.54) is 32.1 Å². The Labute approximate surface area is 164 Å². The molecule has 0 amide bonds. The van der Waals surface area contributed by atoms with Crippen LogP contribution in [-0.2, 0) is 13.6 Å². The zero-order valence-electron chi connectivity index (χ0n) is 15.9. The zero-order valence-corrected chi connectivity index (χ0v) is 18.3. The van der Waals surface area contributed by atoms with Gasteiger partial charge in [-0.1, -0.05) is 39.5 Å². The average Bonchev–Trinajstić information content (AvgIpc) is 2.83. The second kappa shape index (κ2) is 13.4. The molecule has 0 atom stereocenters. The molecule has 0 bridgehead atoms. The molecule has 1 rings (SSSR count). The summed E-state index contributed by atoms with van der Waals surface area (Å²) in [5.74, 6) is 3.48. The van der Waals surface area contributed by atoms with Crippen molar-refractivity contribution in [1.82, 2.24) is 25.4 Å². The van der Waals surface area contributed by atoms with E-state index in [9.17, 15) is 0 Å². The van der Waals surface area contributed by atoms with Crippen LogP contribution in [0.3, 0.4) is 0 Å². The van der Waals surface area contributed by atoms with Crippen LogP contribution in [0.25, 0.3) is 0 Å². The third-order valence-corrected chi connectivity index (χ3v) is 3.91. The highest BCUT2D eigenvalue weighted by molar-refractivity contribution is 14.0. The summed E-state index contributed by atoms with van der Waals surface area (Å²) >= 11 is 0.